The van der Waals surface area contributed by atoms with Gasteiger partial charge in [-0.25, -0.2) is 9.59 Å². The Morgan fingerprint density at radius 3 is 1.40 bits per heavy atom. The molecular formula is C12H16N2O6. The molecule has 0 aliphatic carbocycles. The molecule has 0 radical (unpaired) electrons. The quantitative estimate of drug-likeness (QED) is 0.517. The number of nitrogens with one attached hydrogen (secondary N) is 2. The molecule has 0 spiro atoms. The van der Waals surface area contributed by atoms with E-state index in [1.54, 1.807) is 0 Å². The third kappa shape index (κ3) is 2.95. The number of rotatable bonds is 6. The van der Waals surface area contributed by atoms with Crippen molar-refractivity contribution >= 4 is 23.3 Å². The molecule has 0 saturated heterocycles. The van der Waals surface area contributed by atoms with E-state index < -0.39 is 34.9 Å². The van der Waals surface area contributed by atoms with E-state index in [4.69, 9.17) is 0 Å². The van der Waals surface area contributed by atoms with Crippen molar-refractivity contribution < 1.29 is 19.1 Å². The van der Waals surface area contributed by atoms with Crippen LogP contribution in [0.3, 0.4) is 0 Å². The molecule has 0 aliphatic rings. The fourth-order valence-electron chi connectivity index (χ4n) is 1.57. The predicted octanol–water partition coefficient (Wildman–Crippen LogP) is -0.771. The highest BCUT2D eigenvalue weighted by Crippen LogP contribution is 2.17. The first kappa shape index (κ1) is 15.7. The number of methoxy groups -OCH3 is 2. The van der Waals surface area contributed by atoms with Crippen molar-refractivity contribution in [2.45, 2.75) is 25.9 Å². The van der Waals surface area contributed by atoms with Gasteiger partial charge < -0.3 is 20.1 Å². The maximum absolute atomic E-state index is 11.5. The minimum absolute atomic E-state index is 0.0383. The number of ether oxygens (including phenoxy) is 2. The van der Waals surface area contributed by atoms with E-state index in [1.165, 1.54) is 28.1 Å². The molecule has 2 atom stereocenters. The molecule has 0 aliphatic heterocycles. The molecule has 1 rings (SSSR count). The topological polar surface area (TPSA) is 111 Å². The van der Waals surface area contributed by atoms with Gasteiger partial charge in [-0.3, -0.25) is 9.59 Å². The highest BCUT2D eigenvalue weighted by atomic mass is 16.5. The molecule has 2 unspecified atom stereocenters. The summed E-state index contributed by atoms with van der Waals surface area (Å²) in [5.41, 5.74) is -1.58. The minimum Gasteiger partial charge on any atom is -0.467 e. The Morgan fingerprint density at radius 1 is 0.850 bits per heavy atom. The third-order valence-corrected chi connectivity index (χ3v) is 2.74. The van der Waals surface area contributed by atoms with Gasteiger partial charge in [0.25, 0.3) is 10.9 Å². The third-order valence-electron chi connectivity index (χ3n) is 2.74. The molecule has 0 fully saturated rings. The van der Waals surface area contributed by atoms with Crippen molar-refractivity contribution in [2.24, 2.45) is 0 Å². The number of esters is 2. The van der Waals surface area contributed by atoms with Crippen LogP contribution in [0.1, 0.15) is 13.8 Å². The molecular weight excluding hydrogens is 268 g/mol. The van der Waals surface area contributed by atoms with Crippen molar-refractivity contribution in [3.05, 3.63) is 20.4 Å². The van der Waals surface area contributed by atoms with Crippen LogP contribution in [0, 0.1) is 0 Å². The van der Waals surface area contributed by atoms with Crippen molar-refractivity contribution in [1.82, 2.24) is 0 Å². The van der Waals surface area contributed by atoms with Gasteiger partial charge in [-0.15, -0.1) is 0 Å². The Morgan fingerprint density at radius 2 is 1.15 bits per heavy atom. The van der Waals surface area contributed by atoms with E-state index in [1.807, 2.05) is 0 Å². The van der Waals surface area contributed by atoms with Gasteiger partial charge in [0.15, 0.2) is 0 Å². The molecule has 8 nitrogen and oxygen atoms in total. The Kier molecular flexibility index (Phi) is 4.84. The van der Waals surface area contributed by atoms with Gasteiger partial charge in [0.05, 0.1) is 14.2 Å². The van der Waals surface area contributed by atoms with Crippen LogP contribution in [0.5, 0.6) is 0 Å². The van der Waals surface area contributed by atoms with Crippen molar-refractivity contribution in [3.8, 4) is 0 Å². The zero-order chi connectivity index (χ0) is 15.4. The zero-order valence-electron chi connectivity index (χ0n) is 11.6. The molecule has 1 aromatic rings. The molecule has 0 bridgehead atoms. The fraction of sp³-hybridized carbons (Fsp3) is 0.500. The van der Waals surface area contributed by atoms with Gasteiger partial charge in [-0.2, -0.15) is 0 Å². The number of anilines is 2. The lowest BCUT2D eigenvalue weighted by Crippen LogP contribution is -2.43. The summed E-state index contributed by atoms with van der Waals surface area (Å²) < 4.78 is 9.00. The number of hydrogen-bond acceptors (Lipinski definition) is 8. The highest BCUT2D eigenvalue weighted by Gasteiger charge is 2.27. The van der Waals surface area contributed by atoms with E-state index >= 15 is 0 Å². The van der Waals surface area contributed by atoms with Crippen LogP contribution in [0.4, 0.5) is 11.4 Å². The standard InChI is InChI=1S/C12H16N2O6/c1-5(11(17)19-3)13-7-8(10(16)9(7)15)14-6(2)12(18)20-4/h5-6,13-14H,1-4H3. The SMILES string of the molecule is COC(=O)C(C)Nc1c(NC(C)C(=O)OC)c(=O)c1=O. The Hall–Kier alpha value is -2.38. The zero-order valence-corrected chi connectivity index (χ0v) is 11.6. The highest BCUT2D eigenvalue weighted by molar-refractivity contribution is 5.85. The van der Waals surface area contributed by atoms with E-state index in [0.717, 1.165) is 0 Å². The van der Waals surface area contributed by atoms with Crippen LogP contribution in [-0.4, -0.2) is 38.2 Å². The first-order chi connectivity index (χ1) is 9.33. The normalized spacial score (nSPS) is 13.4. The molecule has 110 valence electrons. The minimum atomic E-state index is -0.794. The van der Waals surface area contributed by atoms with Gasteiger partial charge in [0, 0.05) is 0 Å². The van der Waals surface area contributed by atoms with Gasteiger partial charge in [-0.05, 0) is 13.8 Å². The molecule has 1 aromatic carbocycles. The molecule has 0 saturated carbocycles. The smallest absolute Gasteiger partial charge is 0.327 e. The Balaban J connectivity index is 2.88. The average molecular weight is 284 g/mol. The lowest BCUT2D eigenvalue weighted by molar-refractivity contribution is -0.142. The van der Waals surface area contributed by atoms with Gasteiger partial charge in [-0.1, -0.05) is 0 Å². The maximum Gasteiger partial charge on any atom is 0.327 e. The molecule has 2 N–H and O–H groups in total. The van der Waals surface area contributed by atoms with Crippen LogP contribution in [0.2, 0.25) is 0 Å². The average Bonchev–Trinajstić information content (AvgIpc) is 2.47. The number of carbonyl (C=O) groups is 2. The summed E-state index contributed by atoms with van der Waals surface area (Å²) in [5.74, 6) is -1.16. The Bertz CT molecular complexity index is 535. The van der Waals surface area contributed by atoms with Crippen LogP contribution in [0.25, 0.3) is 0 Å². The number of hydrogen-bond donors (Lipinski definition) is 2. The predicted molar refractivity (Wildman–Crippen MR) is 71.6 cm³/mol. The first-order valence-corrected chi connectivity index (χ1v) is 5.85. The largest absolute Gasteiger partial charge is 0.467 e. The first-order valence-electron chi connectivity index (χ1n) is 5.85. The monoisotopic (exact) mass is 284 g/mol. The number of carbonyl (C=O) groups excluding carboxylic acids is 2. The van der Waals surface area contributed by atoms with Gasteiger partial charge in [0.2, 0.25) is 0 Å². The van der Waals surface area contributed by atoms with Crippen LogP contribution < -0.4 is 21.5 Å². The van der Waals surface area contributed by atoms with Gasteiger partial charge >= 0.3 is 11.9 Å². The van der Waals surface area contributed by atoms with Gasteiger partial charge in [0.1, 0.15) is 23.5 Å². The lowest BCUT2D eigenvalue weighted by Gasteiger charge is -2.20. The summed E-state index contributed by atoms with van der Waals surface area (Å²) in [5, 5.41) is 5.16. The Labute approximate surface area is 114 Å². The second kappa shape index (κ2) is 6.18. The van der Waals surface area contributed by atoms with Crippen molar-refractivity contribution in [2.75, 3.05) is 24.9 Å². The summed E-state index contributed by atoms with van der Waals surface area (Å²) in [7, 11) is 2.42. The summed E-state index contributed by atoms with van der Waals surface area (Å²) in [6.07, 6.45) is 0. The molecule has 0 heterocycles. The van der Waals surface area contributed by atoms with E-state index in [-0.39, 0.29) is 11.4 Å². The maximum atomic E-state index is 11.5. The van der Waals surface area contributed by atoms with Crippen LogP contribution in [-0.2, 0) is 19.1 Å². The van der Waals surface area contributed by atoms with E-state index in [0.29, 0.717) is 0 Å². The molecule has 8 heteroatoms. The second-order valence-electron chi connectivity index (χ2n) is 4.19. The lowest BCUT2D eigenvalue weighted by atomic mass is 10.1. The summed E-state index contributed by atoms with van der Waals surface area (Å²) in [4.78, 5) is 45.4. The van der Waals surface area contributed by atoms with E-state index in [2.05, 4.69) is 20.1 Å². The van der Waals surface area contributed by atoms with Crippen molar-refractivity contribution in [3.63, 3.8) is 0 Å². The summed E-state index contributed by atoms with van der Waals surface area (Å²) in [6, 6.07) is -1.59. The van der Waals surface area contributed by atoms with Crippen LogP contribution in [0.15, 0.2) is 9.59 Å². The molecule has 20 heavy (non-hydrogen) atoms. The summed E-state index contributed by atoms with van der Waals surface area (Å²) >= 11 is 0. The molecule has 0 amide bonds. The van der Waals surface area contributed by atoms with Crippen LogP contribution >= 0.6 is 0 Å². The molecule has 0 aromatic heterocycles. The van der Waals surface area contributed by atoms with E-state index in [9.17, 15) is 19.2 Å². The summed E-state index contributed by atoms with van der Waals surface area (Å²) in [6.45, 7) is 2.96. The second-order valence-corrected chi connectivity index (χ2v) is 4.19. The van der Waals surface area contributed by atoms with Crippen molar-refractivity contribution in [1.29, 1.82) is 0 Å². The fourth-order valence-corrected chi connectivity index (χ4v) is 1.57.